The van der Waals surface area contributed by atoms with Crippen molar-refractivity contribution in [3.63, 3.8) is 0 Å². The minimum Gasteiger partial charge on any atom is -0.373 e. The Kier molecular flexibility index (Phi) is 4.84. The van der Waals surface area contributed by atoms with Gasteiger partial charge < -0.3 is 10.5 Å². The smallest absolute Gasteiger partial charge is 0.279 e. The molecule has 0 aromatic heterocycles. The number of nitrogens with one attached hydrogen (secondary N) is 1. The fourth-order valence-corrected chi connectivity index (χ4v) is 4.72. The first-order valence-corrected chi connectivity index (χ1v) is 8.49. The summed E-state index contributed by atoms with van der Waals surface area (Å²) in [6, 6.07) is -0.0107. The minimum atomic E-state index is -3.43. The van der Waals surface area contributed by atoms with E-state index in [1.54, 1.807) is 0 Å². The Bertz CT molecular complexity index is 391. The molecule has 2 rings (SSSR count). The first-order chi connectivity index (χ1) is 8.92. The number of rotatable bonds is 4. The maximum atomic E-state index is 12.4. The molecule has 19 heavy (non-hydrogen) atoms. The first kappa shape index (κ1) is 15.2. The van der Waals surface area contributed by atoms with E-state index in [4.69, 9.17) is 10.5 Å². The second kappa shape index (κ2) is 6.05. The van der Waals surface area contributed by atoms with Gasteiger partial charge in [-0.25, -0.2) is 0 Å². The van der Waals surface area contributed by atoms with Crippen LogP contribution in [0.15, 0.2) is 0 Å². The Morgan fingerprint density at radius 2 is 1.89 bits per heavy atom. The van der Waals surface area contributed by atoms with Gasteiger partial charge in [0.05, 0.1) is 12.2 Å². The zero-order chi connectivity index (χ0) is 14.0. The van der Waals surface area contributed by atoms with Crippen LogP contribution in [0, 0.1) is 5.92 Å². The van der Waals surface area contributed by atoms with E-state index in [-0.39, 0.29) is 24.2 Å². The summed E-state index contributed by atoms with van der Waals surface area (Å²) in [6.07, 6.45) is 2.82. The van der Waals surface area contributed by atoms with Crippen LogP contribution in [0.5, 0.6) is 0 Å². The molecule has 1 saturated carbocycles. The van der Waals surface area contributed by atoms with E-state index in [0.717, 1.165) is 19.3 Å². The van der Waals surface area contributed by atoms with Gasteiger partial charge in [0, 0.05) is 19.1 Å². The van der Waals surface area contributed by atoms with Gasteiger partial charge in [-0.3, -0.25) is 0 Å². The van der Waals surface area contributed by atoms with Crippen LogP contribution in [0.2, 0.25) is 0 Å². The molecule has 4 atom stereocenters. The van der Waals surface area contributed by atoms with Gasteiger partial charge >= 0.3 is 0 Å². The fourth-order valence-electron chi connectivity index (χ4n) is 3.07. The summed E-state index contributed by atoms with van der Waals surface area (Å²) in [5, 5.41) is 0. The van der Waals surface area contributed by atoms with Crippen LogP contribution in [-0.2, 0) is 14.9 Å². The maximum absolute atomic E-state index is 12.4. The van der Waals surface area contributed by atoms with Gasteiger partial charge in [0.15, 0.2) is 0 Å². The van der Waals surface area contributed by atoms with Crippen molar-refractivity contribution in [3.05, 3.63) is 0 Å². The highest BCUT2D eigenvalue weighted by Crippen LogP contribution is 2.26. The maximum Gasteiger partial charge on any atom is 0.279 e. The molecule has 0 aromatic rings. The monoisotopic (exact) mass is 291 g/mol. The van der Waals surface area contributed by atoms with E-state index in [1.807, 2.05) is 13.8 Å². The number of hydrogen-bond acceptors (Lipinski definition) is 4. The molecule has 0 radical (unpaired) electrons. The van der Waals surface area contributed by atoms with Crippen LogP contribution in [0.3, 0.4) is 0 Å². The van der Waals surface area contributed by atoms with Gasteiger partial charge in [-0.1, -0.05) is 6.42 Å². The van der Waals surface area contributed by atoms with E-state index in [1.165, 1.54) is 4.31 Å². The number of nitrogens with zero attached hydrogens (tertiary/aromatic N) is 1. The molecule has 0 unspecified atom stereocenters. The van der Waals surface area contributed by atoms with Crippen LogP contribution >= 0.6 is 0 Å². The van der Waals surface area contributed by atoms with Crippen molar-refractivity contribution < 1.29 is 13.2 Å². The standard InChI is InChI=1S/C12H25N3O3S/c1-9-7-15(8-10(2)18-9)19(16,17)14-12-5-3-4-11(12)6-13/h9-12,14H,3-8,13H2,1-2H3/t9-,10+,11-,12+/m0/s1. The van der Waals surface area contributed by atoms with Crippen LogP contribution in [0.4, 0.5) is 0 Å². The van der Waals surface area contributed by atoms with E-state index >= 15 is 0 Å². The lowest BCUT2D eigenvalue weighted by Crippen LogP contribution is -2.54. The van der Waals surface area contributed by atoms with Crippen molar-refractivity contribution in [2.75, 3.05) is 19.6 Å². The van der Waals surface area contributed by atoms with Crippen LogP contribution in [-0.4, -0.2) is 50.6 Å². The van der Waals surface area contributed by atoms with E-state index in [9.17, 15) is 8.42 Å². The van der Waals surface area contributed by atoms with Gasteiger partial charge in [0.2, 0.25) is 0 Å². The molecule has 1 aliphatic heterocycles. The molecule has 0 aromatic carbocycles. The predicted octanol–water partition coefficient (Wildman–Crippen LogP) is 0.0574. The van der Waals surface area contributed by atoms with E-state index < -0.39 is 10.2 Å². The minimum absolute atomic E-state index is 0.0107. The van der Waals surface area contributed by atoms with Crippen molar-refractivity contribution >= 4 is 10.2 Å². The topological polar surface area (TPSA) is 84.7 Å². The number of morpholine rings is 1. The molecule has 1 aliphatic carbocycles. The summed E-state index contributed by atoms with van der Waals surface area (Å²) in [6.45, 7) is 5.18. The summed E-state index contributed by atoms with van der Waals surface area (Å²) in [5.74, 6) is 0.269. The molecule has 0 bridgehead atoms. The Balaban J connectivity index is 2.01. The number of nitrogens with two attached hydrogens (primary N) is 1. The van der Waals surface area contributed by atoms with Gasteiger partial charge in [0.1, 0.15) is 0 Å². The van der Waals surface area contributed by atoms with Crippen molar-refractivity contribution in [3.8, 4) is 0 Å². The van der Waals surface area contributed by atoms with Crippen molar-refractivity contribution in [1.29, 1.82) is 0 Å². The lowest BCUT2D eigenvalue weighted by molar-refractivity contribution is -0.0445. The number of hydrogen-bond donors (Lipinski definition) is 2. The molecule has 2 fully saturated rings. The molecule has 1 saturated heterocycles. The van der Waals surface area contributed by atoms with Gasteiger partial charge in [-0.15, -0.1) is 0 Å². The average molecular weight is 291 g/mol. The Labute approximate surface area is 115 Å². The number of ether oxygens (including phenoxy) is 1. The van der Waals surface area contributed by atoms with Crippen molar-refractivity contribution in [1.82, 2.24) is 9.03 Å². The normalized spacial score (nSPS) is 37.6. The highest BCUT2D eigenvalue weighted by atomic mass is 32.2. The zero-order valence-electron chi connectivity index (χ0n) is 11.7. The fraction of sp³-hybridized carbons (Fsp3) is 1.00. The molecular weight excluding hydrogens is 266 g/mol. The quantitative estimate of drug-likeness (QED) is 0.767. The van der Waals surface area contributed by atoms with Gasteiger partial charge in [-0.2, -0.15) is 17.4 Å². The highest BCUT2D eigenvalue weighted by molar-refractivity contribution is 7.87. The van der Waals surface area contributed by atoms with Gasteiger partial charge in [-0.05, 0) is 39.2 Å². The molecule has 6 nitrogen and oxygen atoms in total. The molecule has 112 valence electrons. The summed E-state index contributed by atoms with van der Waals surface area (Å²) < 4.78 is 34.7. The summed E-state index contributed by atoms with van der Waals surface area (Å²) in [4.78, 5) is 0. The summed E-state index contributed by atoms with van der Waals surface area (Å²) in [5.41, 5.74) is 5.70. The lowest BCUT2D eigenvalue weighted by atomic mass is 10.1. The highest BCUT2D eigenvalue weighted by Gasteiger charge is 2.35. The third-order valence-corrected chi connectivity index (χ3v) is 5.57. The third kappa shape index (κ3) is 3.66. The molecule has 2 aliphatic rings. The lowest BCUT2D eigenvalue weighted by Gasteiger charge is -2.35. The second-order valence-corrected chi connectivity index (χ2v) is 7.43. The Morgan fingerprint density at radius 3 is 2.47 bits per heavy atom. The Morgan fingerprint density at radius 1 is 1.26 bits per heavy atom. The molecule has 7 heteroatoms. The molecule has 0 spiro atoms. The molecular formula is C12H25N3O3S. The average Bonchev–Trinajstić information content (AvgIpc) is 2.74. The van der Waals surface area contributed by atoms with Crippen molar-refractivity contribution in [2.24, 2.45) is 11.7 Å². The second-order valence-electron chi connectivity index (χ2n) is 5.73. The van der Waals surface area contributed by atoms with Crippen LogP contribution in [0.1, 0.15) is 33.1 Å². The zero-order valence-corrected chi connectivity index (χ0v) is 12.5. The molecule has 1 heterocycles. The van der Waals surface area contributed by atoms with Crippen LogP contribution in [0.25, 0.3) is 0 Å². The van der Waals surface area contributed by atoms with E-state index in [0.29, 0.717) is 19.6 Å². The largest absolute Gasteiger partial charge is 0.373 e. The molecule has 3 N–H and O–H groups in total. The Hall–Kier alpha value is -0.210. The summed E-state index contributed by atoms with van der Waals surface area (Å²) in [7, 11) is -3.43. The van der Waals surface area contributed by atoms with Crippen molar-refractivity contribution in [2.45, 2.75) is 51.4 Å². The SMILES string of the molecule is C[C@@H]1CN(S(=O)(=O)N[C@@H]2CCC[C@H]2CN)C[C@H](C)O1. The van der Waals surface area contributed by atoms with Gasteiger partial charge in [0.25, 0.3) is 10.2 Å². The first-order valence-electron chi connectivity index (χ1n) is 7.05. The summed E-state index contributed by atoms with van der Waals surface area (Å²) >= 11 is 0. The third-order valence-electron chi connectivity index (χ3n) is 3.99. The molecule has 0 amide bonds. The van der Waals surface area contributed by atoms with E-state index in [2.05, 4.69) is 4.72 Å². The van der Waals surface area contributed by atoms with Crippen LogP contribution < -0.4 is 10.5 Å². The predicted molar refractivity (Wildman–Crippen MR) is 73.8 cm³/mol.